The first-order valence-electron chi connectivity index (χ1n) is 7.03. The molecule has 0 spiro atoms. The van der Waals surface area contributed by atoms with Crippen molar-refractivity contribution < 1.29 is 13.6 Å². The van der Waals surface area contributed by atoms with E-state index in [2.05, 4.69) is 26.3 Å². The van der Waals surface area contributed by atoms with Crippen LogP contribution in [-0.4, -0.2) is 15.7 Å². The van der Waals surface area contributed by atoms with Crippen molar-refractivity contribution in [3.63, 3.8) is 0 Å². The normalized spacial score (nSPS) is 10.7. The lowest BCUT2D eigenvalue weighted by molar-refractivity contribution is 0.101. The second-order valence-corrected chi connectivity index (χ2v) is 6.04. The maximum atomic E-state index is 14.0. The van der Waals surface area contributed by atoms with Gasteiger partial charge in [0.2, 0.25) is 0 Å². The number of nitrogens with zero attached hydrogens (tertiary/aromatic N) is 2. The van der Waals surface area contributed by atoms with E-state index in [4.69, 9.17) is 0 Å². The number of carbonyl (C=O) groups excluding carboxylic acids is 1. The molecule has 0 saturated heterocycles. The molecule has 2 aromatic carbocycles. The molecule has 122 valence electrons. The fourth-order valence-corrected chi connectivity index (χ4v) is 2.68. The van der Waals surface area contributed by atoms with E-state index in [1.54, 1.807) is 13.1 Å². The predicted molar refractivity (Wildman–Crippen MR) is 90.3 cm³/mol. The van der Waals surface area contributed by atoms with Gasteiger partial charge in [0.1, 0.15) is 23.0 Å². The van der Waals surface area contributed by atoms with Crippen LogP contribution in [0.3, 0.4) is 0 Å². The molecule has 3 rings (SSSR count). The minimum atomic E-state index is -0.942. The first-order valence-corrected chi connectivity index (χ1v) is 7.82. The zero-order chi connectivity index (χ0) is 17.3. The monoisotopic (exact) mass is 391 g/mol. The fourth-order valence-electron chi connectivity index (χ4n) is 2.28. The summed E-state index contributed by atoms with van der Waals surface area (Å²) in [5, 5.41) is 6.74. The predicted octanol–water partition coefficient (Wildman–Crippen LogP) is 4.47. The van der Waals surface area contributed by atoms with Crippen LogP contribution in [0, 0.1) is 18.6 Å². The number of carbonyl (C=O) groups is 1. The molecule has 0 unspecified atom stereocenters. The van der Waals surface area contributed by atoms with Gasteiger partial charge < -0.3 is 5.32 Å². The largest absolute Gasteiger partial charge is 0.306 e. The number of rotatable bonds is 3. The van der Waals surface area contributed by atoms with Crippen LogP contribution in [0.5, 0.6) is 0 Å². The number of para-hydroxylation sites is 1. The third kappa shape index (κ3) is 3.07. The number of anilines is 1. The van der Waals surface area contributed by atoms with E-state index in [0.717, 1.165) is 17.8 Å². The van der Waals surface area contributed by atoms with Crippen LogP contribution in [-0.2, 0) is 0 Å². The molecule has 0 saturated carbocycles. The molecule has 0 bridgehead atoms. The number of halogens is 3. The summed E-state index contributed by atoms with van der Waals surface area (Å²) in [5.41, 5.74) is 0.751. The highest BCUT2D eigenvalue weighted by molar-refractivity contribution is 9.10. The highest BCUT2D eigenvalue weighted by Gasteiger charge is 2.21. The minimum Gasteiger partial charge on any atom is -0.306 e. The van der Waals surface area contributed by atoms with E-state index in [-0.39, 0.29) is 4.47 Å². The average Bonchev–Trinajstić information content (AvgIpc) is 2.88. The van der Waals surface area contributed by atoms with Gasteiger partial charge in [-0.3, -0.25) is 4.79 Å². The van der Waals surface area contributed by atoms with Gasteiger partial charge in [-0.05, 0) is 31.2 Å². The van der Waals surface area contributed by atoms with Crippen LogP contribution in [0.15, 0.2) is 53.1 Å². The number of nitrogens with one attached hydrogen (secondary N) is 1. The van der Waals surface area contributed by atoms with Crippen molar-refractivity contribution in [2.24, 2.45) is 0 Å². The van der Waals surface area contributed by atoms with Crippen LogP contribution in [0.25, 0.3) is 5.69 Å². The van der Waals surface area contributed by atoms with Gasteiger partial charge in [-0.2, -0.15) is 5.10 Å². The molecule has 0 aliphatic heterocycles. The Morgan fingerprint density at radius 2 is 1.79 bits per heavy atom. The molecule has 4 nitrogen and oxygen atoms in total. The maximum absolute atomic E-state index is 14.0. The molecule has 0 aliphatic carbocycles. The molecular formula is C17H12BrF2N3O. The number of aryl methyl sites for hydroxylation is 1. The summed E-state index contributed by atoms with van der Waals surface area (Å²) >= 11 is 2.98. The molecule has 3 aromatic rings. The third-order valence-electron chi connectivity index (χ3n) is 3.42. The lowest BCUT2D eigenvalue weighted by atomic mass is 10.2. The lowest BCUT2D eigenvalue weighted by Gasteiger charge is -2.11. The van der Waals surface area contributed by atoms with Crippen LogP contribution >= 0.6 is 15.9 Å². The van der Waals surface area contributed by atoms with Gasteiger partial charge in [0, 0.05) is 10.0 Å². The van der Waals surface area contributed by atoms with E-state index in [1.807, 2.05) is 30.3 Å². The van der Waals surface area contributed by atoms with Gasteiger partial charge in [0.25, 0.3) is 5.91 Å². The Balaban J connectivity index is 1.98. The van der Waals surface area contributed by atoms with E-state index in [9.17, 15) is 13.6 Å². The number of hydrogen-bond donors (Lipinski definition) is 1. The summed E-state index contributed by atoms with van der Waals surface area (Å²) in [6.07, 6.45) is 1.57. The van der Waals surface area contributed by atoms with Crippen LogP contribution < -0.4 is 5.32 Å². The van der Waals surface area contributed by atoms with Crippen LogP contribution in [0.4, 0.5) is 14.6 Å². The van der Waals surface area contributed by atoms with Crippen molar-refractivity contribution in [3.05, 3.63) is 75.9 Å². The number of aromatic nitrogens is 2. The number of amides is 1. The van der Waals surface area contributed by atoms with E-state index >= 15 is 0 Å². The Morgan fingerprint density at radius 3 is 2.42 bits per heavy atom. The van der Waals surface area contributed by atoms with Crippen molar-refractivity contribution in [1.29, 1.82) is 0 Å². The topological polar surface area (TPSA) is 46.9 Å². The van der Waals surface area contributed by atoms with Crippen molar-refractivity contribution in [2.45, 2.75) is 6.92 Å². The SMILES string of the molecule is Cc1cnn(-c2ccccc2)c1NC(=O)c1c(F)cc(Br)cc1F. The highest BCUT2D eigenvalue weighted by atomic mass is 79.9. The summed E-state index contributed by atoms with van der Waals surface area (Å²) in [5.74, 6) is -2.41. The fraction of sp³-hybridized carbons (Fsp3) is 0.0588. The molecule has 0 radical (unpaired) electrons. The van der Waals surface area contributed by atoms with Gasteiger partial charge in [0.05, 0.1) is 11.9 Å². The van der Waals surface area contributed by atoms with Crippen LogP contribution in [0.1, 0.15) is 15.9 Å². The molecule has 0 fully saturated rings. The van der Waals surface area contributed by atoms with Gasteiger partial charge in [-0.15, -0.1) is 0 Å². The number of hydrogen-bond acceptors (Lipinski definition) is 2. The maximum Gasteiger partial charge on any atom is 0.262 e. The van der Waals surface area contributed by atoms with Crippen molar-refractivity contribution in [3.8, 4) is 5.69 Å². The first-order chi connectivity index (χ1) is 11.5. The Labute approximate surface area is 145 Å². The summed E-state index contributed by atoms with van der Waals surface area (Å²) in [6, 6.07) is 11.2. The molecule has 1 aromatic heterocycles. The molecule has 1 N–H and O–H groups in total. The van der Waals surface area contributed by atoms with Gasteiger partial charge >= 0.3 is 0 Å². The van der Waals surface area contributed by atoms with Crippen molar-refractivity contribution in [2.75, 3.05) is 5.32 Å². The molecule has 7 heteroatoms. The van der Waals surface area contributed by atoms with E-state index in [0.29, 0.717) is 11.4 Å². The summed E-state index contributed by atoms with van der Waals surface area (Å²) in [4.78, 5) is 12.4. The van der Waals surface area contributed by atoms with Gasteiger partial charge in [0.15, 0.2) is 0 Å². The zero-order valence-electron chi connectivity index (χ0n) is 12.6. The molecule has 0 aliphatic rings. The Morgan fingerprint density at radius 1 is 1.17 bits per heavy atom. The second kappa shape index (κ2) is 6.52. The summed E-state index contributed by atoms with van der Waals surface area (Å²) in [6.45, 7) is 1.75. The Kier molecular flexibility index (Phi) is 4.44. The minimum absolute atomic E-state index is 0.222. The molecule has 1 amide bonds. The summed E-state index contributed by atoms with van der Waals surface area (Å²) in [7, 11) is 0. The van der Waals surface area contributed by atoms with Crippen molar-refractivity contribution in [1.82, 2.24) is 9.78 Å². The Hall–Kier alpha value is -2.54. The van der Waals surface area contributed by atoms with Gasteiger partial charge in [-0.25, -0.2) is 13.5 Å². The molecule has 24 heavy (non-hydrogen) atoms. The molecular weight excluding hydrogens is 380 g/mol. The quantitative estimate of drug-likeness (QED) is 0.715. The summed E-state index contributed by atoms with van der Waals surface area (Å²) < 4.78 is 29.6. The average molecular weight is 392 g/mol. The highest BCUT2D eigenvalue weighted by Crippen LogP contribution is 2.23. The van der Waals surface area contributed by atoms with Crippen LogP contribution in [0.2, 0.25) is 0 Å². The Bertz CT molecular complexity index is 886. The number of benzene rings is 2. The van der Waals surface area contributed by atoms with E-state index in [1.165, 1.54) is 4.68 Å². The van der Waals surface area contributed by atoms with Crippen molar-refractivity contribution >= 4 is 27.7 Å². The third-order valence-corrected chi connectivity index (χ3v) is 3.88. The smallest absolute Gasteiger partial charge is 0.262 e. The standard InChI is InChI=1S/C17H12BrF2N3O/c1-10-9-21-23(12-5-3-2-4-6-12)16(10)22-17(24)15-13(19)7-11(18)8-14(15)20/h2-9H,1H3,(H,22,24). The van der Waals surface area contributed by atoms with E-state index < -0.39 is 23.1 Å². The van der Waals surface area contributed by atoms with Gasteiger partial charge in [-0.1, -0.05) is 34.1 Å². The molecule has 0 atom stereocenters. The molecule has 1 heterocycles. The second-order valence-electron chi connectivity index (χ2n) is 5.12. The lowest BCUT2D eigenvalue weighted by Crippen LogP contribution is -2.19. The zero-order valence-corrected chi connectivity index (χ0v) is 14.1. The first kappa shape index (κ1) is 16.3.